The van der Waals surface area contributed by atoms with E-state index >= 15 is 0 Å². The lowest BCUT2D eigenvalue weighted by atomic mass is 9.75. The van der Waals surface area contributed by atoms with Crippen LogP contribution in [-0.4, -0.2) is 40.1 Å². The summed E-state index contributed by atoms with van der Waals surface area (Å²) >= 11 is 3.47. The quantitative estimate of drug-likeness (QED) is 0.388. The third-order valence-electron chi connectivity index (χ3n) is 7.25. The normalized spacial score (nSPS) is 30.6. The molecule has 3 saturated heterocycles. The number of rotatable bonds is 2. The van der Waals surface area contributed by atoms with Gasteiger partial charge in [-0.3, -0.25) is 29.4 Å². The van der Waals surface area contributed by atoms with Crippen LogP contribution in [0.2, 0.25) is 0 Å². The number of halogens is 1. The minimum absolute atomic E-state index is 0.163. The Kier molecular flexibility index (Phi) is 3.95. The predicted octanol–water partition coefficient (Wildman–Crippen LogP) is 2.79. The molecule has 0 aromatic heterocycles. The molecule has 162 valence electrons. The summed E-state index contributed by atoms with van der Waals surface area (Å²) in [6, 6.07) is 10.7. The molecule has 4 aliphatic rings. The molecule has 2 aromatic carbocycles. The van der Waals surface area contributed by atoms with Crippen LogP contribution in [0.1, 0.15) is 18.4 Å². The van der Waals surface area contributed by atoms with E-state index in [9.17, 15) is 24.5 Å². The van der Waals surface area contributed by atoms with E-state index in [1.165, 1.54) is 24.3 Å². The summed E-state index contributed by atoms with van der Waals surface area (Å²) < 4.78 is 0.777. The SMILES string of the molecule is O=C1[C@@H]2[C@@H](C(=O)N1c1cccc([N+](=O)[O-])c1)[C@]1(C(=O)Nc3ccc(Br)cc31)N1CCC[C@@H]21. The Morgan fingerprint density at radius 1 is 1.12 bits per heavy atom. The van der Waals surface area contributed by atoms with Crippen LogP contribution in [0.15, 0.2) is 46.9 Å². The lowest BCUT2D eigenvalue weighted by molar-refractivity contribution is -0.384. The zero-order valence-corrected chi connectivity index (χ0v) is 18.2. The third kappa shape index (κ3) is 2.23. The Labute approximate surface area is 190 Å². The number of non-ortho nitro benzene ring substituents is 1. The Hall–Kier alpha value is -3.11. The number of nitro benzene ring substituents is 1. The summed E-state index contributed by atoms with van der Waals surface area (Å²) in [4.78, 5) is 54.8. The van der Waals surface area contributed by atoms with E-state index in [-0.39, 0.29) is 23.3 Å². The number of fused-ring (bicyclic) bond motifs is 7. The van der Waals surface area contributed by atoms with Crippen LogP contribution in [0.3, 0.4) is 0 Å². The topological polar surface area (TPSA) is 113 Å². The van der Waals surface area contributed by atoms with Gasteiger partial charge >= 0.3 is 0 Å². The average molecular weight is 497 g/mol. The van der Waals surface area contributed by atoms with Gasteiger partial charge < -0.3 is 5.32 Å². The van der Waals surface area contributed by atoms with Crippen LogP contribution in [0.5, 0.6) is 0 Å². The molecule has 4 atom stereocenters. The zero-order valence-electron chi connectivity index (χ0n) is 16.7. The maximum absolute atomic E-state index is 13.8. The fourth-order valence-corrected chi connectivity index (χ4v) is 6.54. The summed E-state index contributed by atoms with van der Waals surface area (Å²) in [6.45, 7) is 0.619. The maximum Gasteiger partial charge on any atom is 0.271 e. The van der Waals surface area contributed by atoms with Crippen molar-refractivity contribution in [3.05, 3.63) is 62.6 Å². The average Bonchev–Trinajstić information content (AvgIpc) is 3.46. The van der Waals surface area contributed by atoms with E-state index in [0.717, 1.165) is 15.8 Å². The molecule has 4 aliphatic heterocycles. The van der Waals surface area contributed by atoms with Gasteiger partial charge in [-0.25, -0.2) is 4.90 Å². The molecule has 10 heteroatoms. The number of anilines is 2. The minimum atomic E-state index is -1.27. The number of nitrogens with one attached hydrogen (secondary N) is 1. The molecule has 6 rings (SSSR count). The van der Waals surface area contributed by atoms with Crippen molar-refractivity contribution in [2.75, 3.05) is 16.8 Å². The summed E-state index contributed by atoms with van der Waals surface area (Å²) in [7, 11) is 0. The highest BCUT2D eigenvalue weighted by molar-refractivity contribution is 9.10. The molecule has 4 heterocycles. The standard InChI is InChI=1S/C22H17BrN4O5/c23-11-6-7-15-14(9-11)22(21(30)24-15)18-17(16-5-2-8-25(16)22)19(28)26(20(18)29)12-3-1-4-13(10-12)27(31)32/h1,3-4,6-7,9-10,16-18H,2,5,8H2,(H,24,30)/t16-,17-,18-,22+/m0/s1. The van der Waals surface area contributed by atoms with Crippen molar-refractivity contribution in [3.63, 3.8) is 0 Å². The summed E-state index contributed by atoms with van der Waals surface area (Å²) in [5, 5.41) is 14.2. The molecule has 0 aliphatic carbocycles. The van der Waals surface area contributed by atoms with Crippen LogP contribution in [0.4, 0.5) is 17.1 Å². The molecule has 0 saturated carbocycles. The lowest BCUT2D eigenvalue weighted by Crippen LogP contribution is -2.54. The first-order valence-corrected chi connectivity index (χ1v) is 11.2. The Bertz CT molecular complexity index is 1250. The Morgan fingerprint density at radius 2 is 1.94 bits per heavy atom. The van der Waals surface area contributed by atoms with Crippen LogP contribution >= 0.6 is 15.9 Å². The first kappa shape index (κ1) is 19.6. The highest BCUT2D eigenvalue weighted by Gasteiger charge is 2.74. The number of benzene rings is 2. The molecule has 0 bridgehead atoms. The summed E-state index contributed by atoms with van der Waals surface area (Å²) in [5.74, 6) is -2.76. The van der Waals surface area contributed by atoms with E-state index in [0.29, 0.717) is 24.2 Å². The molecule has 3 fully saturated rings. The van der Waals surface area contributed by atoms with Crippen molar-refractivity contribution in [2.24, 2.45) is 11.8 Å². The molecule has 0 radical (unpaired) electrons. The molecular weight excluding hydrogens is 480 g/mol. The van der Waals surface area contributed by atoms with Crippen molar-refractivity contribution in [1.82, 2.24) is 4.90 Å². The molecule has 32 heavy (non-hydrogen) atoms. The molecule has 2 aromatic rings. The third-order valence-corrected chi connectivity index (χ3v) is 7.75. The lowest BCUT2D eigenvalue weighted by Gasteiger charge is -2.36. The van der Waals surface area contributed by atoms with Crippen molar-refractivity contribution >= 4 is 50.7 Å². The molecular formula is C22H17BrN4O5. The monoisotopic (exact) mass is 496 g/mol. The number of hydrogen-bond acceptors (Lipinski definition) is 6. The molecule has 1 N–H and O–H groups in total. The van der Waals surface area contributed by atoms with E-state index in [1.54, 1.807) is 6.07 Å². The molecule has 1 spiro atoms. The van der Waals surface area contributed by atoms with Crippen molar-refractivity contribution in [1.29, 1.82) is 0 Å². The van der Waals surface area contributed by atoms with Gasteiger partial charge in [0, 0.05) is 33.9 Å². The highest BCUT2D eigenvalue weighted by atomic mass is 79.9. The largest absolute Gasteiger partial charge is 0.324 e. The number of carbonyl (C=O) groups excluding carboxylic acids is 3. The Balaban J connectivity index is 1.54. The van der Waals surface area contributed by atoms with Gasteiger partial charge in [0.25, 0.3) is 5.69 Å². The second-order valence-electron chi connectivity index (χ2n) is 8.61. The number of imide groups is 1. The van der Waals surface area contributed by atoms with Gasteiger partial charge in [-0.15, -0.1) is 0 Å². The van der Waals surface area contributed by atoms with Crippen LogP contribution in [-0.2, 0) is 19.9 Å². The number of carbonyl (C=O) groups is 3. The second kappa shape index (κ2) is 6.46. The van der Waals surface area contributed by atoms with Gasteiger partial charge in [0.1, 0.15) is 5.54 Å². The van der Waals surface area contributed by atoms with Crippen LogP contribution in [0.25, 0.3) is 0 Å². The smallest absolute Gasteiger partial charge is 0.271 e. The summed E-state index contributed by atoms with van der Waals surface area (Å²) in [6.07, 6.45) is 1.53. The van der Waals surface area contributed by atoms with Gasteiger partial charge in [-0.1, -0.05) is 22.0 Å². The fraction of sp³-hybridized carbons (Fsp3) is 0.318. The van der Waals surface area contributed by atoms with Crippen LogP contribution in [0, 0.1) is 22.0 Å². The van der Waals surface area contributed by atoms with Crippen molar-refractivity contribution in [3.8, 4) is 0 Å². The van der Waals surface area contributed by atoms with Crippen molar-refractivity contribution in [2.45, 2.75) is 24.4 Å². The first-order chi connectivity index (χ1) is 15.4. The number of amides is 3. The van der Waals surface area contributed by atoms with Crippen molar-refractivity contribution < 1.29 is 19.3 Å². The van der Waals surface area contributed by atoms with Gasteiger partial charge in [-0.05, 0) is 43.7 Å². The summed E-state index contributed by atoms with van der Waals surface area (Å²) in [5.41, 5.74) is 0.0194. The van der Waals surface area contributed by atoms with E-state index < -0.39 is 34.1 Å². The number of nitro groups is 1. The molecule has 9 nitrogen and oxygen atoms in total. The highest BCUT2D eigenvalue weighted by Crippen LogP contribution is 2.60. The van der Waals surface area contributed by atoms with Crippen LogP contribution < -0.4 is 10.2 Å². The van der Waals surface area contributed by atoms with E-state index in [1.807, 2.05) is 17.0 Å². The van der Waals surface area contributed by atoms with E-state index in [2.05, 4.69) is 21.2 Å². The molecule has 0 unspecified atom stereocenters. The molecule has 3 amide bonds. The van der Waals surface area contributed by atoms with Gasteiger partial charge in [-0.2, -0.15) is 0 Å². The fourth-order valence-electron chi connectivity index (χ4n) is 6.18. The van der Waals surface area contributed by atoms with Gasteiger partial charge in [0.2, 0.25) is 17.7 Å². The van der Waals surface area contributed by atoms with Gasteiger partial charge in [0.15, 0.2) is 0 Å². The maximum atomic E-state index is 13.8. The zero-order chi connectivity index (χ0) is 22.4. The second-order valence-corrected chi connectivity index (χ2v) is 9.52. The number of nitrogens with zero attached hydrogens (tertiary/aromatic N) is 3. The minimum Gasteiger partial charge on any atom is -0.324 e. The first-order valence-electron chi connectivity index (χ1n) is 10.4. The number of hydrogen-bond donors (Lipinski definition) is 1. The predicted molar refractivity (Wildman–Crippen MR) is 117 cm³/mol. The van der Waals surface area contributed by atoms with Gasteiger partial charge in [0.05, 0.1) is 22.4 Å². The Morgan fingerprint density at radius 3 is 2.72 bits per heavy atom. The van der Waals surface area contributed by atoms with E-state index in [4.69, 9.17) is 0 Å².